The molecule has 0 atom stereocenters. The molecule has 1 N–H and O–H groups in total. The van der Waals surface area contributed by atoms with Crippen LogP contribution in [-0.4, -0.2) is 43.7 Å². The summed E-state index contributed by atoms with van der Waals surface area (Å²) in [5.74, 6) is 0. The van der Waals surface area contributed by atoms with Gasteiger partial charge in [0, 0.05) is 11.0 Å². The fourth-order valence-electron chi connectivity index (χ4n) is 1.35. The molecule has 0 aliphatic rings. The largest absolute Gasteiger partial charge is 0.402 e. The second kappa shape index (κ2) is 6.21. The molecule has 1 aromatic rings. The average molecular weight is 362 g/mol. The molecule has 0 bridgehead atoms. The smallest absolute Gasteiger partial charge is 0.395 e. The molecule has 0 unspecified atom stereocenters. The molecule has 9 heteroatoms. The van der Waals surface area contributed by atoms with Crippen LogP contribution >= 0.6 is 15.9 Å². The highest BCUT2D eigenvalue weighted by Crippen LogP contribution is 2.23. The van der Waals surface area contributed by atoms with Gasteiger partial charge in [0.1, 0.15) is 6.54 Å². The van der Waals surface area contributed by atoms with Crippen molar-refractivity contribution in [2.24, 2.45) is 0 Å². The number of nitrogens with zero attached hydrogens (tertiary/aromatic N) is 1. The van der Waals surface area contributed by atoms with Gasteiger partial charge in [0.15, 0.2) is 0 Å². The molecule has 0 radical (unpaired) electrons. The molecule has 0 aromatic heterocycles. The summed E-state index contributed by atoms with van der Waals surface area (Å²) in [5, 5.41) is 8.71. The Labute approximate surface area is 117 Å². The molecule has 0 saturated carbocycles. The van der Waals surface area contributed by atoms with E-state index in [1.165, 1.54) is 24.3 Å². The number of aliphatic hydroxyl groups excluding tert-OH is 1. The zero-order valence-corrected chi connectivity index (χ0v) is 12.0. The van der Waals surface area contributed by atoms with E-state index in [4.69, 9.17) is 5.11 Å². The lowest BCUT2D eigenvalue weighted by molar-refractivity contribution is -0.136. The minimum atomic E-state index is -4.67. The van der Waals surface area contributed by atoms with Gasteiger partial charge in [-0.25, -0.2) is 8.42 Å². The highest BCUT2D eigenvalue weighted by Gasteiger charge is 2.36. The highest BCUT2D eigenvalue weighted by atomic mass is 79.9. The van der Waals surface area contributed by atoms with Gasteiger partial charge in [0.05, 0.1) is 11.5 Å². The predicted octanol–water partition coefficient (Wildman–Crippen LogP) is 1.99. The van der Waals surface area contributed by atoms with E-state index in [-0.39, 0.29) is 9.20 Å². The molecular formula is C10H11BrF3NO3S. The summed E-state index contributed by atoms with van der Waals surface area (Å²) in [6.45, 7) is -2.93. The fourth-order valence-corrected chi connectivity index (χ4v) is 3.03. The van der Waals surface area contributed by atoms with Crippen LogP contribution in [0.3, 0.4) is 0 Å². The van der Waals surface area contributed by atoms with Crippen molar-refractivity contribution >= 4 is 26.0 Å². The molecule has 0 spiro atoms. The van der Waals surface area contributed by atoms with Crippen molar-refractivity contribution in [1.29, 1.82) is 0 Å². The molecule has 1 rings (SSSR count). The van der Waals surface area contributed by atoms with Crippen molar-refractivity contribution < 1.29 is 26.7 Å². The number of rotatable bonds is 5. The zero-order valence-electron chi connectivity index (χ0n) is 9.56. The molecule has 0 heterocycles. The summed E-state index contributed by atoms with van der Waals surface area (Å²) in [5.41, 5.74) is 0. The van der Waals surface area contributed by atoms with Gasteiger partial charge in [-0.3, -0.25) is 0 Å². The predicted molar refractivity (Wildman–Crippen MR) is 66.0 cm³/mol. The van der Waals surface area contributed by atoms with E-state index in [0.717, 1.165) is 0 Å². The lowest BCUT2D eigenvalue weighted by atomic mass is 10.4. The van der Waals surface area contributed by atoms with Crippen molar-refractivity contribution in [3.63, 3.8) is 0 Å². The van der Waals surface area contributed by atoms with E-state index in [9.17, 15) is 21.6 Å². The van der Waals surface area contributed by atoms with Gasteiger partial charge >= 0.3 is 6.18 Å². The molecule has 0 amide bonds. The molecule has 0 saturated heterocycles. The van der Waals surface area contributed by atoms with Crippen LogP contribution in [0.15, 0.2) is 33.6 Å². The molecule has 0 aliphatic heterocycles. The topological polar surface area (TPSA) is 57.6 Å². The first-order valence-corrected chi connectivity index (χ1v) is 7.33. The number of hydrogen-bond donors (Lipinski definition) is 1. The Morgan fingerprint density at radius 2 is 1.74 bits per heavy atom. The van der Waals surface area contributed by atoms with Crippen molar-refractivity contribution in [2.45, 2.75) is 11.1 Å². The van der Waals surface area contributed by atoms with Crippen molar-refractivity contribution in [3.05, 3.63) is 28.7 Å². The molecule has 4 nitrogen and oxygen atoms in total. The number of hydrogen-bond acceptors (Lipinski definition) is 3. The Bertz CT molecular complexity index is 516. The minimum absolute atomic E-state index is 0.205. The van der Waals surface area contributed by atoms with E-state index in [1.54, 1.807) is 0 Å². The van der Waals surface area contributed by atoms with Gasteiger partial charge in [0.25, 0.3) is 0 Å². The van der Waals surface area contributed by atoms with Crippen LogP contribution in [0.4, 0.5) is 13.2 Å². The Morgan fingerprint density at radius 3 is 2.16 bits per heavy atom. The van der Waals surface area contributed by atoms with Crippen LogP contribution in [0.5, 0.6) is 0 Å². The van der Waals surface area contributed by atoms with Gasteiger partial charge in [-0.2, -0.15) is 17.5 Å². The first-order chi connectivity index (χ1) is 8.66. The third-order valence-corrected chi connectivity index (χ3v) is 4.54. The summed E-state index contributed by atoms with van der Waals surface area (Å²) in [6.07, 6.45) is -4.67. The molecule has 0 aliphatic carbocycles. The molecular weight excluding hydrogens is 351 g/mol. The zero-order chi connectivity index (χ0) is 14.7. The third-order valence-electron chi connectivity index (χ3n) is 2.16. The number of halogens is 4. The van der Waals surface area contributed by atoms with Crippen LogP contribution < -0.4 is 0 Å². The summed E-state index contributed by atoms with van der Waals surface area (Å²) in [7, 11) is -4.28. The van der Waals surface area contributed by atoms with Crippen molar-refractivity contribution in [1.82, 2.24) is 4.31 Å². The number of alkyl halides is 3. The first-order valence-electron chi connectivity index (χ1n) is 5.10. The second-order valence-electron chi connectivity index (χ2n) is 3.63. The van der Waals surface area contributed by atoms with Crippen LogP contribution in [0, 0.1) is 0 Å². The van der Waals surface area contributed by atoms with Gasteiger partial charge in [-0.05, 0) is 24.3 Å². The summed E-state index contributed by atoms with van der Waals surface area (Å²) in [4.78, 5) is -0.256. The summed E-state index contributed by atoms with van der Waals surface area (Å²) < 4.78 is 61.9. The van der Waals surface area contributed by atoms with Crippen LogP contribution in [0.2, 0.25) is 0 Å². The van der Waals surface area contributed by atoms with E-state index in [2.05, 4.69) is 15.9 Å². The molecule has 19 heavy (non-hydrogen) atoms. The number of sulfonamides is 1. The SMILES string of the molecule is O=S(=O)(c1ccc(Br)cc1)N(CCO)CC(F)(F)F. The quantitative estimate of drug-likeness (QED) is 0.872. The van der Waals surface area contributed by atoms with E-state index >= 15 is 0 Å². The summed E-state index contributed by atoms with van der Waals surface area (Å²) in [6, 6.07) is 5.22. The fraction of sp³-hybridized carbons (Fsp3) is 0.400. The van der Waals surface area contributed by atoms with Crippen LogP contribution in [-0.2, 0) is 10.0 Å². The highest BCUT2D eigenvalue weighted by molar-refractivity contribution is 9.10. The standard InChI is InChI=1S/C10H11BrF3NO3S/c11-8-1-3-9(4-2-8)19(17,18)15(5-6-16)7-10(12,13)14/h1-4,16H,5-7H2. The monoisotopic (exact) mass is 361 g/mol. The molecule has 0 fully saturated rings. The Hall–Kier alpha value is -0.640. The van der Waals surface area contributed by atoms with Gasteiger partial charge in [-0.15, -0.1) is 0 Å². The molecule has 1 aromatic carbocycles. The summed E-state index contributed by atoms with van der Waals surface area (Å²) >= 11 is 3.10. The van der Waals surface area contributed by atoms with Crippen LogP contribution in [0.1, 0.15) is 0 Å². The maximum atomic E-state index is 12.3. The number of aliphatic hydroxyl groups is 1. The van der Waals surface area contributed by atoms with Gasteiger partial charge in [-0.1, -0.05) is 15.9 Å². The Morgan fingerprint density at radius 1 is 1.21 bits per heavy atom. The lowest BCUT2D eigenvalue weighted by Crippen LogP contribution is -2.40. The third kappa shape index (κ3) is 4.75. The van der Waals surface area contributed by atoms with Crippen LogP contribution in [0.25, 0.3) is 0 Å². The number of benzene rings is 1. The van der Waals surface area contributed by atoms with Gasteiger partial charge < -0.3 is 5.11 Å². The van der Waals surface area contributed by atoms with E-state index < -0.39 is 35.9 Å². The second-order valence-corrected chi connectivity index (χ2v) is 6.48. The Kier molecular flexibility index (Phi) is 5.36. The minimum Gasteiger partial charge on any atom is -0.395 e. The van der Waals surface area contributed by atoms with Gasteiger partial charge in [0.2, 0.25) is 10.0 Å². The maximum absolute atomic E-state index is 12.3. The first kappa shape index (κ1) is 16.4. The Balaban J connectivity index is 3.09. The van der Waals surface area contributed by atoms with E-state index in [0.29, 0.717) is 4.47 Å². The normalized spacial score (nSPS) is 12.9. The van der Waals surface area contributed by atoms with Crippen molar-refractivity contribution in [2.75, 3.05) is 19.7 Å². The average Bonchev–Trinajstić information content (AvgIpc) is 2.27. The molecule has 108 valence electrons. The van der Waals surface area contributed by atoms with Crippen molar-refractivity contribution in [3.8, 4) is 0 Å². The van der Waals surface area contributed by atoms with E-state index in [1.807, 2.05) is 0 Å². The lowest BCUT2D eigenvalue weighted by Gasteiger charge is -2.22. The maximum Gasteiger partial charge on any atom is 0.402 e.